The number of anilines is 3. The summed E-state index contributed by atoms with van der Waals surface area (Å²) in [4.78, 5) is 51.7. The van der Waals surface area contributed by atoms with E-state index in [-0.39, 0.29) is 17.6 Å². The van der Waals surface area contributed by atoms with E-state index in [1.165, 1.54) is 11.1 Å². The lowest BCUT2D eigenvalue weighted by atomic mass is 10.0. The van der Waals surface area contributed by atoms with E-state index in [4.69, 9.17) is 0 Å². The molecule has 0 bridgehead atoms. The van der Waals surface area contributed by atoms with Crippen molar-refractivity contribution in [3.63, 3.8) is 0 Å². The molecular weight excluding hydrogens is 504 g/mol. The van der Waals surface area contributed by atoms with Gasteiger partial charge in [-0.25, -0.2) is 14.8 Å². The van der Waals surface area contributed by atoms with Crippen LogP contribution >= 0.6 is 11.8 Å². The van der Waals surface area contributed by atoms with Gasteiger partial charge in [-0.3, -0.25) is 24.7 Å². The van der Waals surface area contributed by atoms with Crippen LogP contribution in [-0.4, -0.2) is 89.3 Å². The molecule has 200 valence electrons. The molecule has 2 aliphatic heterocycles. The number of nitriles is 1. The topological polar surface area (TPSA) is 135 Å². The number of pyridine rings is 2. The van der Waals surface area contributed by atoms with Gasteiger partial charge in [-0.2, -0.15) is 17.0 Å². The third-order valence-electron chi connectivity index (χ3n) is 6.58. The number of thioether (sulfide) groups is 1. The quantitative estimate of drug-likeness (QED) is 0.488. The molecule has 1 atom stereocenters. The maximum absolute atomic E-state index is 13.3. The lowest BCUT2D eigenvalue weighted by Crippen LogP contribution is -2.48. The monoisotopic (exact) mass is 536 g/mol. The maximum atomic E-state index is 13.3. The third-order valence-corrected chi connectivity index (χ3v) is 7.41. The van der Waals surface area contributed by atoms with Crippen LogP contribution in [0.25, 0.3) is 0 Å². The summed E-state index contributed by atoms with van der Waals surface area (Å²) in [5.41, 5.74) is 2.75. The zero-order chi connectivity index (χ0) is 27.2. The molecule has 0 radical (unpaired) electrons. The number of rotatable bonds is 8. The van der Waals surface area contributed by atoms with Crippen molar-refractivity contribution in [2.45, 2.75) is 32.4 Å². The fourth-order valence-corrected chi connectivity index (χ4v) is 5.23. The molecule has 0 saturated carbocycles. The first kappa shape index (κ1) is 27.3. The number of carbonyl (C=O) groups excluding carboxylic acids is 3. The summed E-state index contributed by atoms with van der Waals surface area (Å²) in [6, 6.07) is 5.38. The van der Waals surface area contributed by atoms with Crippen LogP contribution in [-0.2, 0) is 17.8 Å². The molecule has 11 nitrogen and oxygen atoms in total. The molecule has 2 N–H and O–H groups in total. The van der Waals surface area contributed by atoms with E-state index < -0.39 is 6.03 Å². The number of hydrogen-bond donors (Lipinski definition) is 2. The molecule has 38 heavy (non-hydrogen) atoms. The Bertz CT molecular complexity index is 1260. The number of aromatic nitrogens is 2. The van der Waals surface area contributed by atoms with E-state index >= 15 is 0 Å². The molecule has 2 aliphatic rings. The van der Waals surface area contributed by atoms with E-state index in [1.807, 2.05) is 31.2 Å². The molecule has 3 amide bonds. The molecular formula is C26H32N8O3S. The molecule has 0 unspecified atom stereocenters. The minimum absolute atomic E-state index is 0.0148. The van der Waals surface area contributed by atoms with Gasteiger partial charge in [0.15, 0.2) is 6.29 Å². The first-order valence-corrected chi connectivity index (χ1v) is 13.9. The average Bonchev–Trinajstić information content (AvgIpc) is 2.89. The van der Waals surface area contributed by atoms with Gasteiger partial charge < -0.3 is 10.2 Å². The molecule has 0 aromatic carbocycles. The van der Waals surface area contributed by atoms with Crippen molar-refractivity contribution in [3.8, 4) is 6.07 Å². The van der Waals surface area contributed by atoms with Crippen molar-refractivity contribution in [2.75, 3.05) is 60.8 Å². The Hall–Kier alpha value is -3.69. The Morgan fingerprint density at radius 2 is 2.13 bits per heavy atom. The van der Waals surface area contributed by atoms with Crippen LogP contribution in [0.4, 0.5) is 22.1 Å². The molecule has 2 aromatic rings. The van der Waals surface area contributed by atoms with E-state index in [9.17, 15) is 19.6 Å². The summed E-state index contributed by atoms with van der Waals surface area (Å²) in [6.07, 6.45) is 5.57. The van der Waals surface area contributed by atoms with Crippen LogP contribution in [0.1, 0.15) is 40.5 Å². The minimum atomic E-state index is -0.419. The van der Waals surface area contributed by atoms with Crippen molar-refractivity contribution < 1.29 is 14.4 Å². The van der Waals surface area contributed by atoms with E-state index in [2.05, 4.69) is 26.7 Å². The average molecular weight is 537 g/mol. The summed E-state index contributed by atoms with van der Waals surface area (Å²) in [7, 11) is 1.91. The maximum Gasteiger partial charge on any atom is 0.328 e. The second kappa shape index (κ2) is 12.2. The minimum Gasteiger partial charge on any atom is -0.381 e. The highest BCUT2D eigenvalue weighted by Crippen LogP contribution is 2.29. The molecule has 0 aliphatic carbocycles. The Morgan fingerprint density at radius 1 is 1.32 bits per heavy atom. The summed E-state index contributed by atoms with van der Waals surface area (Å²) in [6.45, 7) is 4.47. The van der Waals surface area contributed by atoms with Gasteiger partial charge >= 0.3 is 6.03 Å². The zero-order valence-corrected chi connectivity index (χ0v) is 22.7. The molecule has 1 fully saturated rings. The lowest BCUT2D eigenvalue weighted by molar-refractivity contribution is -0.136. The highest BCUT2D eigenvalue weighted by molar-refractivity contribution is 7.98. The van der Waals surface area contributed by atoms with Crippen LogP contribution in [0.15, 0.2) is 18.3 Å². The largest absolute Gasteiger partial charge is 0.381 e. The third kappa shape index (κ3) is 6.23. The van der Waals surface area contributed by atoms with Gasteiger partial charge in [0.25, 0.3) is 0 Å². The first-order valence-electron chi connectivity index (χ1n) is 12.5. The molecule has 4 rings (SSSR count). The Balaban J connectivity index is 1.54. The van der Waals surface area contributed by atoms with Gasteiger partial charge in [0.2, 0.25) is 5.91 Å². The van der Waals surface area contributed by atoms with Gasteiger partial charge in [0, 0.05) is 55.8 Å². The summed E-state index contributed by atoms with van der Waals surface area (Å²) < 4.78 is 0. The number of fused-ring (bicyclic) bond motifs is 1. The van der Waals surface area contributed by atoms with E-state index in [1.54, 1.807) is 22.7 Å². The molecule has 4 heterocycles. The normalized spacial score (nSPS) is 16.4. The number of hydrogen-bond acceptors (Lipinski definition) is 9. The number of piperazine rings is 1. The number of aldehydes is 1. The number of likely N-dealkylation sites (N-methyl/N-ethyl adjacent to an activating group) is 1. The molecule has 0 spiro atoms. The summed E-state index contributed by atoms with van der Waals surface area (Å²) >= 11 is 1.69. The first-order chi connectivity index (χ1) is 18.3. The second-order valence-electron chi connectivity index (χ2n) is 9.60. The van der Waals surface area contributed by atoms with Crippen molar-refractivity contribution >= 4 is 47.3 Å². The molecule has 1 saturated heterocycles. The lowest BCUT2D eigenvalue weighted by Gasteiger charge is -2.33. The van der Waals surface area contributed by atoms with Gasteiger partial charge in [-0.05, 0) is 44.7 Å². The van der Waals surface area contributed by atoms with Gasteiger partial charge in [-0.15, -0.1) is 0 Å². The van der Waals surface area contributed by atoms with Crippen molar-refractivity contribution in [2.24, 2.45) is 0 Å². The van der Waals surface area contributed by atoms with Crippen LogP contribution in [0.5, 0.6) is 0 Å². The van der Waals surface area contributed by atoms with Gasteiger partial charge in [0.05, 0.1) is 17.8 Å². The summed E-state index contributed by atoms with van der Waals surface area (Å²) in [5, 5.41) is 15.6. The molecule has 12 heteroatoms. The van der Waals surface area contributed by atoms with Crippen LogP contribution in [0.2, 0.25) is 0 Å². The number of amides is 3. The molecule has 2 aromatic heterocycles. The number of carbonyl (C=O) groups is 3. The SMILES string of the molecule is CSC[C@@H](C)Nc1cc(NC(=O)N2CCCc3cc(CN4CCN(C)CC4=O)c(C=O)nc32)ncc1C#N. The van der Waals surface area contributed by atoms with Crippen LogP contribution in [0, 0.1) is 11.3 Å². The fourth-order valence-electron chi connectivity index (χ4n) is 4.65. The Kier molecular flexibility index (Phi) is 8.81. The van der Waals surface area contributed by atoms with Crippen molar-refractivity contribution in [3.05, 3.63) is 40.7 Å². The smallest absolute Gasteiger partial charge is 0.328 e. The van der Waals surface area contributed by atoms with Gasteiger partial charge in [0.1, 0.15) is 23.4 Å². The van der Waals surface area contributed by atoms with Crippen molar-refractivity contribution in [1.29, 1.82) is 5.26 Å². The zero-order valence-electron chi connectivity index (χ0n) is 21.9. The summed E-state index contributed by atoms with van der Waals surface area (Å²) in [5.74, 6) is 1.61. The number of aryl methyl sites for hydroxylation is 1. The van der Waals surface area contributed by atoms with Gasteiger partial charge in [-0.1, -0.05) is 0 Å². The predicted molar refractivity (Wildman–Crippen MR) is 148 cm³/mol. The number of urea groups is 1. The standard InChI is InChI=1S/C26H32N8O3S/c1-17(16-38-3)29-21-10-23(28-12-20(21)11-27)31-26(37)34-6-4-5-18-9-19(22(15-35)30-25(18)34)13-33-8-7-32(2)14-24(33)36/h9-10,12,15,17H,4-8,13-14,16H2,1-3H3,(H2,28,29,31,37)/t17-/m1/s1. The van der Waals surface area contributed by atoms with E-state index in [0.29, 0.717) is 67.3 Å². The van der Waals surface area contributed by atoms with E-state index in [0.717, 1.165) is 24.3 Å². The highest BCUT2D eigenvalue weighted by Gasteiger charge is 2.28. The Morgan fingerprint density at radius 3 is 2.84 bits per heavy atom. The fraction of sp³-hybridized carbons (Fsp3) is 0.462. The van der Waals surface area contributed by atoms with Crippen LogP contribution in [0.3, 0.4) is 0 Å². The highest BCUT2D eigenvalue weighted by atomic mass is 32.2. The second-order valence-corrected chi connectivity index (χ2v) is 10.5. The predicted octanol–water partition coefficient (Wildman–Crippen LogP) is 2.58. The number of nitrogens with zero attached hydrogens (tertiary/aromatic N) is 6. The van der Waals surface area contributed by atoms with Crippen molar-refractivity contribution in [1.82, 2.24) is 19.8 Å². The van der Waals surface area contributed by atoms with Crippen LogP contribution < -0.4 is 15.5 Å². The number of nitrogens with one attached hydrogen (secondary N) is 2. The Labute approximate surface area is 226 Å².